The Morgan fingerprint density at radius 2 is 2.00 bits per heavy atom. The zero-order valence-electron chi connectivity index (χ0n) is 15.4. The van der Waals surface area contributed by atoms with Gasteiger partial charge >= 0.3 is 5.97 Å². The Morgan fingerprint density at radius 1 is 1.22 bits per heavy atom. The third-order valence-electron chi connectivity index (χ3n) is 4.68. The van der Waals surface area contributed by atoms with E-state index in [1.165, 1.54) is 6.07 Å². The molecular weight excluding hydrogens is 343 g/mol. The van der Waals surface area contributed by atoms with Gasteiger partial charge in [0.05, 0.1) is 11.7 Å². The lowest BCUT2D eigenvalue weighted by Crippen LogP contribution is -2.11. The molecule has 4 aromatic rings. The number of imidazole rings is 1. The van der Waals surface area contributed by atoms with Gasteiger partial charge in [-0.3, -0.25) is 4.40 Å². The molecule has 0 aliphatic rings. The SMILES string of the molecule is C=CC(=O)Oc1cn2c(nc3cccc(F)c32)c2ccc(C(C)(C)C)cc12. The van der Waals surface area contributed by atoms with Crippen LogP contribution in [0.1, 0.15) is 26.3 Å². The average molecular weight is 362 g/mol. The van der Waals surface area contributed by atoms with Gasteiger partial charge in [-0.15, -0.1) is 0 Å². The van der Waals surface area contributed by atoms with Gasteiger partial charge in [0.1, 0.15) is 17.0 Å². The van der Waals surface area contributed by atoms with Crippen LogP contribution in [-0.2, 0) is 10.2 Å². The van der Waals surface area contributed by atoms with Crippen LogP contribution >= 0.6 is 0 Å². The lowest BCUT2D eigenvalue weighted by molar-refractivity contribution is -0.128. The summed E-state index contributed by atoms with van der Waals surface area (Å²) in [5.41, 5.74) is 2.53. The summed E-state index contributed by atoms with van der Waals surface area (Å²) in [5, 5.41) is 1.54. The molecule has 136 valence electrons. The maximum atomic E-state index is 14.4. The number of esters is 1. The van der Waals surface area contributed by atoms with E-state index in [2.05, 4.69) is 32.3 Å². The zero-order valence-corrected chi connectivity index (χ0v) is 15.4. The number of fused-ring (bicyclic) bond motifs is 5. The van der Waals surface area contributed by atoms with E-state index < -0.39 is 5.97 Å². The van der Waals surface area contributed by atoms with Crippen LogP contribution in [0, 0.1) is 5.82 Å². The summed E-state index contributed by atoms with van der Waals surface area (Å²) in [6.45, 7) is 9.79. The predicted molar refractivity (Wildman–Crippen MR) is 105 cm³/mol. The number of hydrogen-bond acceptors (Lipinski definition) is 3. The maximum absolute atomic E-state index is 14.4. The molecule has 2 aromatic heterocycles. The number of aromatic nitrogens is 2. The van der Waals surface area contributed by atoms with Crippen LogP contribution in [0.4, 0.5) is 4.39 Å². The van der Waals surface area contributed by atoms with Crippen LogP contribution in [0.5, 0.6) is 5.75 Å². The molecule has 0 saturated heterocycles. The standard InChI is InChI=1S/C22H19FN2O2/c1-5-19(26)27-18-12-25-20-16(23)7-6-8-17(20)24-21(25)14-10-9-13(11-15(14)18)22(2,3)4/h5-12H,1H2,2-4H3. The Kier molecular flexibility index (Phi) is 3.77. The number of pyridine rings is 1. The molecule has 0 bridgehead atoms. The maximum Gasteiger partial charge on any atom is 0.335 e. The van der Waals surface area contributed by atoms with Crippen molar-refractivity contribution < 1.29 is 13.9 Å². The number of benzene rings is 2. The van der Waals surface area contributed by atoms with Crippen molar-refractivity contribution in [2.24, 2.45) is 0 Å². The largest absolute Gasteiger partial charge is 0.421 e. The van der Waals surface area contributed by atoms with Gasteiger partial charge < -0.3 is 4.74 Å². The lowest BCUT2D eigenvalue weighted by Gasteiger charge is -2.20. The molecule has 0 fully saturated rings. The van der Waals surface area contributed by atoms with Crippen molar-refractivity contribution in [1.29, 1.82) is 0 Å². The molecule has 0 amide bonds. The van der Waals surface area contributed by atoms with E-state index in [1.807, 2.05) is 18.2 Å². The Hall–Kier alpha value is -3.21. The van der Waals surface area contributed by atoms with Crippen molar-refractivity contribution in [3.8, 4) is 5.75 Å². The Balaban J connectivity index is 2.15. The molecule has 4 nitrogen and oxygen atoms in total. The summed E-state index contributed by atoms with van der Waals surface area (Å²) >= 11 is 0. The minimum Gasteiger partial charge on any atom is -0.421 e. The molecule has 0 spiro atoms. The first-order chi connectivity index (χ1) is 12.8. The molecule has 0 atom stereocenters. The highest BCUT2D eigenvalue weighted by Gasteiger charge is 2.19. The van der Waals surface area contributed by atoms with Crippen LogP contribution in [0.15, 0.2) is 55.3 Å². The van der Waals surface area contributed by atoms with Crippen molar-refractivity contribution in [1.82, 2.24) is 9.38 Å². The number of carbonyl (C=O) groups is 1. The first-order valence-electron chi connectivity index (χ1n) is 8.67. The van der Waals surface area contributed by atoms with E-state index in [4.69, 9.17) is 4.74 Å². The minimum absolute atomic E-state index is 0.0771. The molecule has 2 heterocycles. The van der Waals surface area contributed by atoms with Crippen LogP contribution in [0.25, 0.3) is 27.5 Å². The van der Waals surface area contributed by atoms with Gasteiger partial charge in [0.25, 0.3) is 0 Å². The number of halogens is 1. The molecule has 0 N–H and O–H groups in total. The fourth-order valence-electron chi connectivity index (χ4n) is 3.25. The van der Waals surface area contributed by atoms with E-state index in [9.17, 15) is 9.18 Å². The van der Waals surface area contributed by atoms with Gasteiger partial charge in [0, 0.05) is 16.8 Å². The number of hydrogen-bond donors (Lipinski definition) is 0. The van der Waals surface area contributed by atoms with Crippen molar-refractivity contribution in [2.75, 3.05) is 0 Å². The summed E-state index contributed by atoms with van der Waals surface area (Å²) in [5.74, 6) is -0.607. The molecule has 2 aromatic carbocycles. The summed E-state index contributed by atoms with van der Waals surface area (Å²) in [4.78, 5) is 16.5. The lowest BCUT2D eigenvalue weighted by atomic mass is 9.86. The third kappa shape index (κ3) is 2.76. The van der Waals surface area contributed by atoms with Crippen LogP contribution in [0.2, 0.25) is 0 Å². The molecule has 0 aliphatic carbocycles. The van der Waals surface area contributed by atoms with Gasteiger partial charge in [0.15, 0.2) is 5.75 Å². The zero-order chi connectivity index (χ0) is 19.3. The minimum atomic E-state index is -0.568. The molecule has 0 unspecified atom stereocenters. The van der Waals surface area contributed by atoms with Gasteiger partial charge in [-0.1, -0.05) is 45.5 Å². The molecule has 5 heteroatoms. The monoisotopic (exact) mass is 362 g/mol. The number of rotatable bonds is 2. The molecule has 0 saturated carbocycles. The first kappa shape index (κ1) is 17.2. The topological polar surface area (TPSA) is 43.6 Å². The Bertz CT molecular complexity index is 1230. The van der Waals surface area contributed by atoms with Crippen LogP contribution in [0.3, 0.4) is 0 Å². The highest BCUT2D eigenvalue weighted by atomic mass is 19.1. The Morgan fingerprint density at radius 3 is 2.70 bits per heavy atom. The van der Waals surface area contributed by atoms with Crippen molar-refractivity contribution in [3.05, 3.63) is 66.6 Å². The predicted octanol–water partition coefficient (Wildman–Crippen LogP) is 5.17. The van der Waals surface area contributed by atoms with Crippen molar-refractivity contribution in [3.63, 3.8) is 0 Å². The second-order valence-corrected chi connectivity index (χ2v) is 7.54. The Labute approximate surface area is 155 Å². The highest BCUT2D eigenvalue weighted by molar-refractivity contribution is 6.02. The normalized spacial score (nSPS) is 12.0. The number of nitrogens with zero attached hydrogens (tertiary/aromatic N) is 2. The average Bonchev–Trinajstić information content (AvgIpc) is 3.00. The van der Waals surface area contributed by atoms with Crippen LogP contribution < -0.4 is 4.74 Å². The summed E-state index contributed by atoms with van der Waals surface area (Å²) < 4.78 is 21.6. The summed E-state index contributed by atoms with van der Waals surface area (Å²) in [6.07, 6.45) is 2.72. The van der Waals surface area contributed by atoms with Crippen molar-refractivity contribution in [2.45, 2.75) is 26.2 Å². The quantitative estimate of drug-likeness (QED) is 0.365. The molecule has 0 aliphatic heterocycles. The number of carbonyl (C=O) groups excluding carboxylic acids is 1. The molecule has 0 radical (unpaired) electrons. The molecule has 27 heavy (non-hydrogen) atoms. The third-order valence-corrected chi connectivity index (χ3v) is 4.68. The highest BCUT2D eigenvalue weighted by Crippen LogP contribution is 2.35. The fraction of sp³-hybridized carbons (Fsp3) is 0.182. The van der Waals surface area contributed by atoms with E-state index in [0.29, 0.717) is 22.4 Å². The van der Waals surface area contributed by atoms with Gasteiger partial charge in [-0.2, -0.15) is 0 Å². The summed E-state index contributed by atoms with van der Waals surface area (Å²) in [7, 11) is 0. The summed E-state index contributed by atoms with van der Waals surface area (Å²) in [6, 6.07) is 10.7. The second-order valence-electron chi connectivity index (χ2n) is 7.54. The van der Waals surface area contributed by atoms with Crippen LogP contribution in [-0.4, -0.2) is 15.4 Å². The van der Waals surface area contributed by atoms with Gasteiger partial charge in [-0.25, -0.2) is 14.2 Å². The van der Waals surface area contributed by atoms with E-state index in [-0.39, 0.29) is 11.2 Å². The number of ether oxygens (including phenoxy) is 1. The van der Waals surface area contributed by atoms with E-state index in [0.717, 1.165) is 22.4 Å². The van der Waals surface area contributed by atoms with Gasteiger partial charge in [0.2, 0.25) is 0 Å². The smallest absolute Gasteiger partial charge is 0.335 e. The first-order valence-corrected chi connectivity index (χ1v) is 8.67. The van der Waals surface area contributed by atoms with E-state index >= 15 is 0 Å². The molecular formula is C22H19FN2O2. The van der Waals surface area contributed by atoms with E-state index in [1.54, 1.807) is 22.7 Å². The number of para-hydroxylation sites is 1. The molecule has 4 rings (SSSR count). The van der Waals surface area contributed by atoms with Gasteiger partial charge in [-0.05, 0) is 29.2 Å². The fourth-order valence-corrected chi connectivity index (χ4v) is 3.25. The second kappa shape index (κ2) is 5.91. The van der Waals surface area contributed by atoms with Crippen molar-refractivity contribution >= 4 is 33.4 Å².